The maximum Gasteiger partial charge on any atom is 0.131 e. The predicted octanol–water partition coefficient (Wildman–Crippen LogP) is 4.94. The molecule has 0 amide bonds. The summed E-state index contributed by atoms with van der Waals surface area (Å²) in [5.74, 6) is -0.154. The molecule has 2 nitrogen and oxygen atoms in total. The van der Waals surface area contributed by atoms with Gasteiger partial charge < -0.3 is 0 Å². The first-order chi connectivity index (χ1) is 12.8. The van der Waals surface area contributed by atoms with Gasteiger partial charge in [0.1, 0.15) is 5.82 Å². The van der Waals surface area contributed by atoms with Crippen LogP contribution in [0.25, 0.3) is 11.1 Å². The lowest BCUT2D eigenvalue weighted by molar-refractivity contribution is 0.0755. The highest BCUT2D eigenvalue weighted by molar-refractivity contribution is 5.64. The van der Waals surface area contributed by atoms with Gasteiger partial charge in [0.05, 0.1) is 0 Å². The Labute approximate surface area is 156 Å². The van der Waals surface area contributed by atoms with Crippen molar-refractivity contribution in [2.45, 2.75) is 44.7 Å². The van der Waals surface area contributed by atoms with E-state index in [9.17, 15) is 4.39 Å². The largest absolute Gasteiger partial charge is 0.298 e. The number of halogens is 1. The number of benzene rings is 2. The summed E-state index contributed by atoms with van der Waals surface area (Å²) in [5, 5.41) is 0. The molecule has 1 aliphatic heterocycles. The quantitative estimate of drug-likeness (QED) is 0.769. The Balaban J connectivity index is 1.32. The molecule has 26 heavy (non-hydrogen) atoms. The van der Waals surface area contributed by atoms with Gasteiger partial charge in [-0.15, -0.1) is 0 Å². The van der Waals surface area contributed by atoms with Crippen molar-refractivity contribution in [1.82, 2.24) is 9.80 Å². The third-order valence-electron chi connectivity index (χ3n) is 6.04. The van der Waals surface area contributed by atoms with Gasteiger partial charge in [-0.25, -0.2) is 4.39 Å². The molecule has 0 radical (unpaired) electrons. The minimum absolute atomic E-state index is 0.154. The van der Waals surface area contributed by atoms with Gasteiger partial charge in [0, 0.05) is 44.3 Å². The maximum atomic E-state index is 13.9. The fraction of sp³-hybridized carbons (Fsp3) is 0.478. The SMILES string of the molecule is Fc1ccccc1-c1ccc(CN2CCN(C3CCCCC3)CC2)cc1. The lowest BCUT2D eigenvalue weighted by Gasteiger charge is -2.40. The lowest BCUT2D eigenvalue weighted by atomic mass is 9.94. The van der Waals surface area contributed by atoms with E-state index in [1.165, 1.54) is 56.8 Å². The molecule has 4 rings (SSSR count). The summed E-state index contributed by atoms with van der Waals surface area (Å²) in [7, 11) is 0. The van der Waals surface area contributed by atoms with Gasteiger partial charge in [-0.1, -0.05) is 61.7 Å². The lowest BCUT2D eigenvalue weighted by Crippen LogP contribution is -2.50. The van der Waals surface area contributed by atoms with E-state index in [0.717, 1.165) is 31.2 Å². The Morgan fingerprint density at radius 2 is 1.50 bits per heavy atom. The van der Waals surface area contributed by atoms with Crippen LogP contribution in [0.5, 0.6) is 0 Å². The molecule has 2 aromatic rings. The Kier molecular flexibility index (Phi) is 5.66. The summed E-state index contributed by atoms with van der Waals surface area (Å²) < 4.78 is 13.9. The monoisotopic (exact) mass is 352 g/mol. The molecule has 2 aromatic carbocycles. The van der Waals surface area contributed by atoms with Gasteiger partial charge >= 0.3 is 0 Å². The van der Waals surface area contributed by atoms with Crippen LogP contribution in [0.2, 0.25) is 0 Å². The summed E-state index contributed by atoms with van der Waals surface area (Å²) in [6.45, 7) is 5.73. The summed E-state index contributed by atoms with van der Waals surface area (Å²) in [4.78, 5) is 5.27. The zero-order chi connectivity index (χ0) is 17.8. The van der Waals surface area contributed by atoms with E-state index in [1.54, 1.807) is 6.07 Å². The summed E-state index contributed by atoms with van der Waals surface area (Å²) in [5.41, 5.74) is 2.95. The van der Waals surface area contributed by atoms with Crippen molar-refractivity contribution in [1.29, 1.82) is 0 Å². The second kappa shape index (κ2) is 8.32. The van der Waals surface area contributed by atoms with Crippen LogP contribution < -0.4 is 0 Å². The first-order valence-electron chi connectivity index (χ1n) is 10.1. The van der Waals surface area contributed by atoms with Crippen LogP contribution >= 0.6 is 0 Å². The van der Waals surface area contributed by atoms with Crippen LogP contribution in [0, 0.1) is 5.82 Å². The van der Waals surface area contributed by atoms with Crippen LogP contribution in [-0.2, 0) is 6.54 Å². The van der Waals surface area contributed by atoms with E-state index < -0.39 is 0 Å². The zero-order valence-electron chi connectivity index (χ0n) is 15.5. The highest BCUT2D eigenvalue weighted by Gasteiger charge is 2.24. The van der Waals surface area contributed by atoms with Gasteiger partial charge in [0.2, 0.25) is 0 Å². The van der Waals surface area contributed by atoms with E-state index in [-0.39, 0.29) is 5.82 Å². The number of hydrogen-bond acceptors (Lipinski definition) is 2. The Hall–Kier alpha value is -1.71. The van der Waals surface area contributed by atoms with Crippen molar-refractivity contribution in [3.8, 4) is 11.1 Å². The standard InChI is InChI=1S/C23H29FN2/c24-23-9-5-4-8-22(23)20-12-10-19(11-13-20)18-25-14-16-26(17-15-25)21-6-2-1-3-7-21/h4-5,8-13,21H,1-3,6-7,14-18H2. The van der Waals surface area contributed by atoms with Gasteiger partial charge in [-0.2, -0.15) is 0 Å². The van der Waals surface area contributed by atoms with Gasteiger partial charge in [-0.3, -0.25) is 9.80 Å². The molecule has 0 spiro atoms. The molecule has 1 aliphatic carbocycles. The average Bonchev–Trinajstić information content (AvgIpc) is 2.70. The van der Waals surface area contributed by atoms with Crippen LogP contribution in [-0.4, -0.2) is 42.0 Å². The normalized spacial score (nSPS) is 20.3. The zero-order valence-corrected chi connectivity index (χ0v) is 15.5. The second-order valence-corrected chi connectivity index (χ2v) is 7.78. The highest BCUT2D eigenvalue weighted by Crippen LogP contribution is 2.25. The average molecular weight is 352 g/mol. The van der Waals surface area contributed by atoms with E-state index in [0.29, 0.717) is 5.56 Å². The highest BCUT2D eigenvalue weighted by atomic mass is 19.1. The number of rotatable bonds is 4. The van der Waals surface area contributed by atoms with Crippen molar-refractivity contribution in [3.05, 3.63) is 59.9 Å². The molecule has 1 saturated carbocycles. The van der Waals surface area contributed by atoms with E-state index in [2.05, 4.69) is 21.9 Å². The van der Waals surface area contributed by atoms with Crippen molar-refractivity contribution in [3.63, 3.8) is 0 Å². The first-order valence-corrected chi connectivity index (χ1v) is 10.1. The third kappa shape index (κ3) is 4.16. The fourth-order valence-corrected chi connectivity index (χ4v) is 4.48. The minimum Gasteiger partial charge on any atom is -0.298 e. The summed E-state index contributed by atoms with van der Waals surface area (Å²) >= 11 is 0. The molecule has 0 atom stereocenters. The summed E-state index contributed by atoms with van der Waals surface area (Å²) in [6, 6.07) is 16.2. The van der Waals surface area contributed by atoms with Gasteiger partial charge in [-0.05, 0) is 30.0 Å². The summed E-state index contributed by atoms with van der Waals surface area (Å²) in [6.07, 6.45) is 7.06. The van der Waals surface area contributed by atoms with E-state index in [4.69, 9.17) is 0 Å². The number of nitrogens with zero attached hydrogens (tertiary/aromatic N) is 2. The van der Waals surface area contributed by atoms with Crippen molar-refractivity contribution in [2.24, 2.45) is 0 Å². The molecule has 1 heterocycles. The van der Waals surface area contributed by atoms with Crippen molar-refractivity contribution in [2.75, 3.05) is 26.2 Å². The fourth-order valence-electron chi connectivity index (χ4n) is 4.48. The third-order valence-corrected chi connectivity index (χ3v) is 6.04. The maximum absolute atomic E-state index is 13.9. The predicted molar refractivity (Wildman–Crippen MR) is 106 cm³/mol. The molecule has 138 valence electrons. The molecule has 3 heteroatoms. The van der Waals surface area contributed by atoms with Crippen LogP contribution in [0.15, 0.2) is 48.5 Å². The van der Waals surface area contributed by atoms with E-state index in [1.807, 2.05) is 24.3 Å². The number of piperazine rings is 1. The smallest absolute Gasteiger partial charge is 0.131 e. The molecular weight excluding hydrogens is 323 g/mol. The Morgan fingerprint density at radius 3 is 2.19 bits per heavy atom. The van der Waals surface area contributed by atoms with E-state index >= 15 is 0 Å². The topological polar surface area (TPSA) is 6.48 Å². The molecule has 2 fully saturated rings. The van der Waals surface area contributed by atoms with Crippen LogP contribution in [0.3, 0.4) is 0 Å². The molecule has 0 bridgehead atoms. The Morgan fingerprint density at radius 1 is 0.808 bits per heavy atom. The minimum atomic E-state index is -0.154. The molecule has 2 aliphatic rings. The molecule has 0 N–H and O–H groups in total. The van der Waals surface area contributed by atoms with Crippen molar-refractivity contribution >= 4 is 0 Å². The second-order valence-electron chi connectivity index (χ2n) is 7.78. The van der Waals surface area contributed by atoms with Gasteiger partial charge in [0.15, 0.2) is 0 Å². The van der Waals surface area contributed by atoms with Crippen LogP contribution in [0.1, 0.15) is 37.7 Å². The van der Waals surface area contributed by atoms with Gasteiger partial charge in [0.25, 0.3) is 0 Å². The molecule has 0 aromatic heterocycles. The molecule has 0 unspecified atom stereocenters. The molecular formula is C23H29FN2. The first kappa shape index (κ1) is 17.7. The Bertz CT molecular complexity index is 698. The number of hydrogen-bond donors (Lipinski definition) is 0. The molecule has 1 saturated heterocycles. The van der Waals surface area contributed by atoms with Crippen LogP contribution in [0.4, 0.5) is 4.39 Å². The van der Waals surface area contributed by atoms with Crippen molar-refractivity contribution < 1.29 is 4.39 Å².